The molecule has 0 saturated heterocycles. The average molecular weight is 262 g/mol. The SMILES string of the molecule is CCOC(=O)C(C)C(C#N)(C#N)CCC(F)(F)F. The summed E-state index contributed by atoms with van der Waals surface area (Å²) in [6, 6.07) is 3.03. The molecule has 0 spiro atoms. The Morgan fingerprint density at radius 3 is 2.11 bits per heavy atom. The molecule has 0 rings (SSSR count). The van der Waals surface area contributed by atoms with Crippen LogP contribution in [0.3, 0.4) is 0 Å². The van der Waals surface area contributed by atoms with Crippen LogP contribution in [-0.4, -0.2) is 18.8 Å². The molecule has 0 heterocycles. The molecule has 0 aromatic rings. The molecule has 0 bridgehead atoms. The predicted octanol–water partition coefficient (Wildman–Crippen LogP) is 2.56. The highest BCUT2D eigenvalue weighted by molar-refractivity contribution is 5.74. The summed E-state index contributed by atoms with van der Waals surface area (Å²) in [5, 5.41) is 17.8. The first kappa shape index (κ1) is 16.2. The van der Waals surface area contributed by atoms with Crippen molar-refractivity contribution in [2.24, 2.45) is 11.3 Å². The van der Waals surface area contributed by atoms with Crippen molar-refractivity contribution in [3.8, 4) is 12.1 Å². The van der Waals surface area contributed by atoms with E-state index in [-0.39, 0.29) is 6.61 Å². The molecular weight excluding hydrogens is 249 g/mol. The zero-order chi connectivity index (χ0) is 14.4. The lowest BCUT2D eigenvalue weighted by molar-refractivity contribution is -0.153. The van der Waals surface area contributed by atoms with Gasteiger partial charge >= 0.3 is 12.1 Å². The summed E-state index contributed by atoms with van der Waals surface area (Å²) in [6.07, 6.45) is -6.52. The number of esters is 1. The Balaban J connectivity index is 5.00. The van der Waals surface area contributed by atoms with Gasteiger partial charge in [-0.15, -0.1) is 0 Å². The number of carbonyl (C=O) groups excluding carboxylic acids is 1. The van der Waals surface area contributed by atoms with E-state index in [4.69, 9.17) is 10.5 Å². The van der Waals surface area contributed by atoms with E-state index < -0.39 is 36.3 Å². The summed E-state index contributed by atoms with van der Waals surface area (Å²) in [7, 11) is 0. The number of carbonyl (C=O) groups is 1. The van der Waals surface area contributed by atoms with E-state index in [0.29, 0.717) is 0 Å². The monoisotopic (exact) mass is 262 g/mol. The minimum Gasteiger partial charge on any atom is -0.466 e. The Morgan fingerprint density at radius 2 is 1.78 bits per heavy atom. The first-order chi connectivity index (χ1) is 8.22. The first-order valence-electron chi connectivity index (χ1n) is 5.28. The van der Waals surface area contributed by atoms with Gasteiger partial charge in [0.05, 0.1) is 24.7 Å². The number of nitriles is 2. The molecule has 0 aliphatic carbocycles. The van der Waals surface area contributed by atoms with E-state index in [1.807, 2.05) is 0 Å². The molecule has 0 aromatic heterocycles. The molecule has 0 N–H and O–H groups in total. The Hall–Kier alpha value is -1.76. The fraction of sp³-hybridized carbons (Fsp3) is 0.727. The molecule has 4 nitrogen and oxygen atoms in total. The van der Waals surface area contributed by atoms with Gasteiger partial charge in [0.25, 0.3) is 0 Å². The quantitative estimate of drug-likeness (QED) is 0.713. The number of ether oxygens (including phenoxy) is 1. The van der Waals surface area contributed by atoms with Crippen LogP contribution >= 0.6 is 0 Å². The predicted molar refractivity (Wildman–Crippen MR) is 54.7 cm³/mol. The molecule has 1 atom stereocenters. The maximum Gasteiger partial charge on any atom is 0.389 e. The molecule has 0 amide bonds. The number of halogens is 3. The van der Waals surface area contributed by atoms with Crippen molar-refractivity contribution in [3.05, 3.63) is 0 Å². The smallest absolute Gasteiger partial charge is 0.389 e. The van der Waals surface area contributed by atoms with Crippen molar-refractivity contribution < 1.29 is 22.7 Å². The lowest BCUT2D eigenvalue weighted by atomic mass is 9.75. The Morgan fingerprint density at radius 1 is 1.28 bits per heavy atom. The second-order valence-electron chi connectivity index (χ2n) is 3.78. The largest absolute Gasteiger partial charge is 0.466 e. The number of hydrogen-bond donors (Lipinski definition) is 0. The molecule has 0 aromatic carbocycles. The van der Waals surface area contributed by atoms with Crippen LogP contribution in [0.1, 0.15) is 26.7 Å². The van der Waals surface area contributed by atoms with Gasteiger partial charge in [-0.1, -0.05) is 0 Å². The van der Waals surface area contributed by atoms with Crippen LogP contribution < -0.4 is 0 Å². The molecule has 0 radical (unpaired) electrons. The van der Waals surface area contributed by atoms with E-state index in [9.17, 15) is 18.0 Å². The number of rotatable bonds is 5. The molecule has 100 valence electrons. The zero-order valence-corrected chi connectivity index (χ0v) is 10.0. The van der Waals surface area contributed by atoms with Crippen LogP contribution in [0.5, 0.6) is 0 Å². The van der Waals surface area contributed by atoms with Gasteiger partial charge in [-0.2, -0.15) is 23.7 Å². The van der Waals surface area contributed by atoms with E-state index in [1.54, 1.807) is 0 Å². The van der Waals surface area contributed by atoms with Gasteiger partial charge in [-0.05, 0) is 20.3 Å². The van der Waals surface area contributed by atoms with Gasteiger partial charge in [0, 0.05) is 6.42 Å². The van der Waals surface area contributed by atoms with Crippen molar-refractivity contribution in [1.29, 1.82) is 10.5 Å². The van der Waals surface area contributed by atoms with Crippen LogP contribution in [0.4, 0.5) is 13.2 Å². The normalized spacial score (nSPS) is 13.3. The minimum atomic E-state index is -4.48. The van der Waals surface area contributed by atoms with Gasteiger partial charge in [0.15, 0.2) is 5.41 Å². The van der Waals surface area contributed by atoms with Crippen LogP contribution in [0.25, 0.3) is 0 Å². The Labute approximate surface area is 103 Å². The second-order valence-corrected chi connectivity index (χ2v) is 3.78. The summed E-state index contributed by atoms with van der Waals surface area (Å²) < 4.78 is 41.0. The van der Waals surface area contributed by atoms with Crippen molar-refractivity contribution in [3.63, 3.8) is 0 Å². The van der Waals surface area contributed by atoms with Crippen LogP contribution in [0.2, 0.25) is 0 Å². The number of alkyl halides is 3. The van der Waals surface area contributed by atoms with Gasteiger partial charge < -0.3 is 4.74 Å². The van der Waals surface area contributed by atoms with E-state index in [0.717, 1.165) is 0 Å². The molecule has 0 fully saturated rings. The Bertz CT molecular complexity index is 365. The summed E-state index contributed by atoms with van der Waals surface area (Å²) in [4.78, 5) is 11.4. The molecule has 7 heteroatoms. The van der Waals surface area contributed by atoms with E-state index in [1.165, 1.54) is 26.0 Å². The van der Waals surface area contributed by atoms with Crippen LogP contribution in [0, 0.1) is 34.0 Å². The van der Waals surface area contributed by atoms with E-state index in [2.05, 4.69) is 4.74 Å². The number of hydrogen-bond acceptors (Lipinski definition) is 4. The van der Waals surface area contributed by atoms with Crippen molar-refractivity contribution in [2.75, 3.05) is 6.61 Å². The van der Waals surface area contributed by atoms with Crippen LogP contribution in [-0.2, 0) is 9.53 Å². The summed E-state index contributed by atoms with van der Waals surface area (Å²) >= 11 is 0. The third kappa shape index (κ3) is 4.25. The highest BCUT2D eigenvalue weighted by Gasteiger charge is 2.44. The maximum atomic E-state index is 12.1. The highest BCUT2D eigenvalue weighted by Crippen LogP contribution is 2.36. The fourth-order valence-electron chi connectivity index (χ4n) is 1.35. The molecule has 1 unspecified atom stereocenters. The van der Waals surface area contributed by atoms with Gasteiger partial charge in [-0.3, -0.25) is 4.79 Å². The average Bonchev–Trinajstić information content (AvgIpc) is 2.29. The second kappa shape index (κ2) is 6.25. The van der Waals surface area contributed by atoms with Gasteiger partial charge in [0.1, 0.15) is 0 Å². The highest BCUT2D eigenvalue weighted by atomic mass is 19.4. The topological polar surface area (TPSA) is 73.9 Å². The fourth-order valence-corrected chi connectivity index (χ4v) is 1.35. The first-order valence-corrected chi connectivity index (χ1v) is 5.28. The summed E-state index contributed by atoms with van der Waals surface area (Å²) in [6.45, 7) is 2.79. The van der Waals surface area contributed by atoms with Gasteiger partial charge in [0.2, 0.25) is 0 Å². The standard InChI is InChI=1S/C11H13F3N2O2/c1-3-18-9(17)8(2)10(6-15,7-16)4-5-11(12,13)14/h8H,3-5H2,1-2H3. The lowest BCUT2D eigenvalue weighted by Gasteiger charge is -2.24. The van der Waals surface area contributed by atoms with Crippen molar-refractivity contribution in [1.82, 2.24) is 0 Å². The molecule has 0 aliphatic rings. The Kier molecular flexibility index (Phi) is 5.64. The molecule has 0 saturated carbocycles. The summed E-state index contributed by atoms with van der Waals surface area (Å²) in [5.41, 5.74) is -2.01. The number of nitrogens with zero attached hydrogens (tertiary/aromatic N) is 2. The van der Waals surface area contributed by atoms with Crippen LogP contribution in [0.15, 0.2) is 0 Å². The van der Waals surface area contributed by atoms with Gasteiger partial charge in [-0.25, -0.2) is 0 Å². The zero-order valence-electron chi connectivity index (χ0n) is 10.0. The maximum absolute atomic E-state index is 12.1. The third-order valence-corrected chi connectivity index (χ3v) is 2.58. The molecule has 18 heavy (non-hydrogen) atoms. The van der Waals surface area contributed by atoms with E-state index >= 15 is 0 Å². The molecule has 0 aliphatic heterocycles. The van der Waals surface area contributed by atoms with Crippen molar-refractivity contribution >= 4 is 5.97 Å². The lowest BCUT2D eigenvalue weighted by Crippen LogP contribution is -2.34. The summed E-state index contributed by atoms with van der Waals surface area (Å²) in [5.74, 6) is -2.07. The molecular formula is C11H13F3N2O2. The minimum absolute atomic E-state index is 0.0371. The van der Waals surface area contributed by atoms with Crippen molar-refractivity contribution in [2.45, 2.75) is 32.9 Å². The third-order valence-electron chi connectivity index (χ3n) is 2.58.